The third kappa shape index (κ3) is 2.97. The number of thioether (sulfide) groups is 1. The number of benzene rings is 1. The Balaban J connectivity index is 2.26. The molecule has 0 saturated carbocycles. The van der Waals surface area contributed by atoms with Gasteiger partial charge in [-0.25, -0.2) is 4.79 Å². The van der Waals surface area contributed by atoms with E-state index in [1.807, 2.05) is 25.1 Å². The molecular weight excluding hydrogens is 250 g/mol. The van der Waals surface area contributed by atoms with E-state index in [-0.39, 0.29) is 6.04 Å². The number of aromatic carboxylic acids is 1. The minimum atomic E-state index is -0.882. The van der Waals surface area contributed by atoms with Crippen LogP contribution in [0.2, 0.25) is 0 Å². The number of hydrogen-bond donors (Lipinski definition) is 2. The normalized spacial score (nSPS) is 18.8. The van der Waals surface area contributed by atoms with E-state index < -0.39 is 5.97 Å². The predicted octanol–water partition coefficient (Wildman–Crippen LogP) is 2.70. The second-order valence-electron chi connectivity index (χ2n) is 4.12. The van der Waals surface area contributed by atoms with Crippen molar-refractivity contribution in [3.63, 3.8) is 0 Å². The first kappa shape index (κ1) is 13.2. The van der Waals surface area contributed by atoms with Crippen LogP contribution >= 0.6 is 11.8 Å². The van der Waals surface area contributed by atoms with Gasteiger partial charge in [0.15, 0.2) is 0 Å². The van der Waals surface area contributed by atoms with E-state index in [0.29, 0.717) is 17.9 Å². The second kappa shape index (κ2) is 6.11. The van der Waals surface area contributed by atoms with E-state index in [4.69, 9.17) is 4.74 Å². The zero-order valence-electron chi connectivity index (χ0n) is 10.3. The Labute approximate surface area is 111 Å². The second-order valence-corrected chi connectivity index (χ2v) is 5.43. The van der Waals surface area contributed by atoms with Crippen LogP contribution in [0.1, 0.15) is 23.7 Å². The van der Waals surface area contributed by atoms with Crippen LogP contribution in [-0.4, -0.2) is 36.1 Å². The summed E-state index contributed by atoms with van der Waals surface area (Å²) in [5, 5.41) is 12.6. The van der Waals surface area contributed by atoms with Crippen LogP contribution in [0.4, 0.5) is 5.69 Å². The van der Waals surface area contributed by atoms with Crippen LogP contribution < -0.4 is 5.32 Å². The van der Waals surface area contributed by atoms with Crippen molar-refractivity contribution in [2.24, 2.45) is 0 Å². The average molecular weight is 267 g/mol. The van der Waals surface area contributed by atoms with Gasteiger partial charge >= 0.3 is 5.97 Å². The molecule has 1 fully saturated rings. The van der Waals surface area contributed by atoms with Gasteiger partial charge in [0.05, 0.1) is 23.9 Å². The summed E-state index contributed by atoms with van der Waals surface area (Å²) in [5.41, 5.74) is 1.06. The Morgan fingerprint density at radius 1 is 1.61 bits per heavy atom. The van der Waals surface area contributed by atoms with Gasteiger partial charge in [-0.05, 0) is 24.3 Å². The van der Waals surface area contributed by atoms with Gasteiger partial charge in [-0.1, -0.05) is 13.0 Å². The summed E-state index contributed by atoms with van der Waals surface area (Å²) in [6.45, 7) is 3.40. The maximum absolute atomic E-state index is 11.4. The first-order valence-electron chi connectivity index (χ1n) is 6.05. The van der Waals surface area contributed by atoms with Crippen molar-refractivity contribution in [1.82, 2.24) is 0 Å². The molecular formula is C13H17NO3S. The molecule has 0 spiro atoms. The molecule has 18 heavy (non-hydrogen) atoms. The number of nitrogens with one attached hydrogen (secondary N) is 1. The van der Waals surface area contributed by atoms with Crippen LogP contribution in [0.25, 0.3) is 0 Å². The molecule has 0 amide bonds. The molecule has 1 unspecified atom stereocenters. The molecule has 1 aromatic carbocycles. The minimum Gasteiger partial charge on any atom is -0.478 e. The third-order valence-electron chi connectivity index (χ3n) is 2.83. The van der Waals surface area contributed by atoms with Gasteiger partial charge in [0, 0.05) is 11.5 Å². The van der Waals surface area contributed by atoms with Crippen LogP contribution in [0.5, 0.6) is 0 Å². The molecule has 4 nitrogen and oxygen atoms in total. The average Bonchev–Trinajstić information content (AvgIpc) is 2.82. The minimum absolute atomic E-state index is 0.213. The summed E-state index contributed by atoms with van der Waals surface area (Å²) in [7, 11) is 0. The third-order valence-corrected chi connectivity index (χ3v) is 3.77. The Bertz CT molecular complexity index is 430. The van der Waals surface area contributed by atoms with Crippen LogP contribution in [0.3, 0.4) is 0 Å². The van der Waals surface area contributed by atoms with Gasteiger partial charge in [0.1, 0.15) is 0 Å². The number of carboxylic acids is 1. The zero-order chi connectivity index (χ0) is 13.0. The molecule has 0 aliphatic carbocycles. The van der Waals surface area contributed by atoms with Crippen molar-refractivity contribution in [1.29, 1.82) is 0 Å². The van der Waals surface area contributed by atoms with Crippen molar-refractivity contribution >= 4 is 23.4 Å². The lowest BCUT2D eigenvalue weighted by molar-refractivity contribution is 0.0694. The number of carboxylic acid groups (broad SMARTS) is 1. The number of carbonyl (C=O) groups is 1. The van der Waals surface area contributed by atoms with Crippen molar-refractivity contribution in [3.8, 4) is 0 Å². The van der Waals surface area contributed by atoms with Gasteiger partial charge in [-0.15, -0.1) is 11.8 Å². The zero-order valence-corrected chi connectivity index (χ0v) is 11.1. The van der Waals surface area contributed by atoms with E-state index in [1.165, 1.54) is 0 Å². The topological polar surface area (TPSA) is 58.6 Å². The van der Waals surface area contributed by atoms with Crippen LogP contribution in [0, 0.1) is 0 Å². The number of anilines is 1. The highest BCUT2D eigenvalue weighted by molar-refractivity contribution is 7.99. The molecule has 5 heteroatoms. The Hall–Kier alpha value is -1.20. The smallest absolute Gasteiger partial charge is 0.338 e. The van der Waals surface area contributed by atoms with Gasteiger partial charge in [0.25, 0.3) is 0 Å². The Morgan fingerprint density at radius 3 is 3.06 bits per heavy atom. The molecule has 2 rings (SSSR count). The van der Waals surface area contributed by atoms with Gasteiger partial charge in [0.2, 0.25) is 0 Å². The maximum Gasteiger partial charge on any atom is 0.338 e. The highest BCUT2D eigenvalue weighted by atomic mass is 32.2. The predicted molar refractivity (Wildman–Crippen MR) is 72.6 cm³/mol. The molecule has 1 saturated heterocycles. The highest BCUT2D eigenvalue weighted by Crippen LogP contribution is 2.29. The summed E-state index contributed by atoms with van der Waals surface area (Å²) in [6.07, 6.45) is 0.921. The Morgan fingerprint density at radius 2 is 2.44 bits per heavy atom. The number of rotatable bonds is 5. The SMILES string of the molecule is CCSc1cccc(NC2CCOC2)c1C(=O)O. The molecule has 0 radical (unpaired) electrons. The van der Waals surface area contributed by atoms with Crippen molar-refractivity contribution in [2.45, 2.75) is 24.3 Å². The standard InChI is InChI=1S/C13H17NO3S/c1-2-18-11-5-3-4-10(12(11)13(15)16)14-9-6-7-17-8-9/h3-5,9,14H,2,6-8H2,1H3,(H,15,16). The van der Waals surface area contributed by atoms with E-state index in [1.54, 1.807) is 11.8 Å². The quantitative estimate of drug-likeness (QED) is 0.803. The molecule has 1 aromatic rings. The fourth-order valence-electron chi connectivity index (χ4n) is 2.02. The lowest BCUT2D eigenvalue weighted by atomic mass is 10.1. The Kier molecular flexibility index (Phi) is 4.49. The van der Waals surface area contributed by atoms with Gasteiger partial charge < -0.3 is 15.2 Å². The molecule has 1 aliphatic rings. The van der Waals surface area contributed by atoms with E-state index in [0.717, 1.165) is 23.7 Å². The molecule has 2 N–H and O–H groups in total. The number of hydrogen-bond acceptors (Lipinski definition) is 4. The summed E-state index contributed by atoms with van der Waals surface area (Å²) in [5.74, 6) is -0.0241. The number of ether oxygens (including phenoxy) is 1. The lowest BCUT2D eigenvalue weighted by Gasteiger charge is -2.16. The van der Waals surface area contributed by atoms with Crippen molar-refractivity contribution < 1.29 is 14.6 Å². The highest BCUT2D eigenvalue weighted by Gasteiger charge is 2.20. The molecule has 0 bridgehead atoms. The molecule has 98 valence electrons. The molecule has 1 atom stereocenters. The molecule has 0 aromatic heterocycles. The van der Waals surface area contributed by atoms with Crippen LogP contribution in [-0.2, 0) is 4.74 Å². The van der Waals surface area contributed by atoms with E-state index in [9.17, 15) is 9.90 Å². The van der Waals surface area contributed by atoms with E-state index >= 15 is 0 Å². The first-order chi connectivity index (χ1) is 8.72. The summed E-state index contributed by atoms with van der Waals surface area (Å²) >= 11 is 1.55. The fourth-order valence-corrected chi connectivity index (χ4v) is 2.84. The summed E-state index contributed by atoms with van der Waals surface area (Å²) in [6, 6.07) is 5.78. The fraction of sp³-hybridized carbons (Fsp3) is 0.462. The summed E-state index contributed by atoms with van der Waals surface area (Å²) in [4.78, 5) is 12.2. The molecule has 1 heterocycles. The van der Waals surface area contributed by atoms with Crippen LogP contribution in [0.15, 0.2) is 23.1 Å². The first-order valence-corrected chi connectivity index (χ1v) is 7.04. The van der Waals surface area contributed by atoms with Crippen molar-refractivity contribution in [3.05, 3.63) is 23.8 Å². The summed E-state index contributed by atoms with van der Waals surface area (Å²) < 4.78 is 5.29. The van der Waals surface area contributed by atoms with Crippen molar-refractivity contribution in [2.75, 3.05) is 24.3 Å². The molecule has 1 aliphatic heterocycles. The van der Waals surface area contributed by atoms with Gasteiger partial charge in [-0.2, -0.15) is 0 Å². The largest absolute Gasteiger partial charge is 0.478 e. The van der Waals surface area contributed by atoms with Gasteiger partial charge in [-0.3, -0.25) is 0 Å². The van der Waals surface area contributed by atoms with E-state index in [2.05, 4.69) is 5.32 Å². The maximum atomic E-state index is 11.4. The lowest BCUT2D eigenvalue weighted by Crippen LogP contribution is -2.21. The monoisotopic (exact) mass is 267 g/mol.